The van der Waals surface area contributed by atoms with Crippen LogP contribution in [0.5, 0.6) is 0 Å². The molecule has 0 fully saturated rings. The van der Waals surface area contributed by atoms with E-state index in [-0.39, 0.29) is 6.04 Å². The first-order chi connectivity index (χ1) is 9.95. The van der Waals surface area contributed by atoms with Gasteiger partial charge in [-0.3, -0.25) is 0 Å². The predicted octanol–water partition coefficient (Wildman–Crippen LogP) is 3.97. The average Bonchev–Trinajstić information content (AvgIpc) is 2.43. The van der Waals surface area contributed by atoms with Crippen LogP contribution in [0.3, 0.4) is 0 Å². The van der Waals surface area contributed by atoms with Crippen LogP contribution in [0.1, 0.15) is 29.7 Å². The van der Waals surface area contributed by atoms with E-state index in [0.717, 1.165) is 5.69 Å². The molecule has 4 nitrogen and oxygen atoms in total. The van der Waals surface area contributed by atoms with E-state index in [1.165, 1.54) is 16.7 Å². The van der Waals surface area contributed by atoms with Gasteiger partial charge in [0.25, 0.3) is 0 Å². The number of amides is 2. The van der Waals surface area contributed by atoms with Crippen molar-refractivity contribution < 1.29 is 4.79 Å². The second-order valence-electron chi connectivity index (χ2n) is 5.29. The fraction of sp³-hybridized carbons (Fsp3) is 0.235. The lowest BCUT2D eigenvalue weighted by Crippen LogP contribution is -2.19. The molecule has 2 aromatic carbocycles. The molecule has 0 aliphatic carbocycles. The van der Waals surface area contributed by atoms with E-state index in [1.54, 1.807) is 0 Å². The number of rotatable bonds is 4. The molecule has 110 valence electrons. The lowest BCUT2D eigenvalue weighted by atomic mass is 10.00. The molecule has 0 bridgehead atoms. The molecule has 4 N–H and O–H groups in total. The Morgan fingerprint density at radius 3 is 2.29 bits per heavy atom. The van der Waals surface area contributed by atoms with Crippen molar-refractivity contribution in [2.45, 2.75) is 26.8 Å². The Morgan fingerprint density at radius 2 is 1.67 bits per heavy atom. The summed E-state index contributed by atoms with van der Waals surface area (Å²) in [5.41, 5.74) is 10.6. The summed E-state index contributed by atoms with van der Waals surface area (Å²) in [6.07, 6.45) is 0. The van der Waals surface area contributed by atoms with Gasteiger partial charge in [-0.25, -0.2) is 4.79 Å². The molecule has 0 aromatic heterocycles. The van der Waals surface area contributed by atoms with Gasteiger partial charge in [0, 0.05) is 17.4 Å². The van der Waals surface area contributed by atoms with Gasteiger partial charge in [-0.2, -0.15) is 0 Å². The minimum absolute atomic E-state index is 0.208. The molecule has 1 atom stereocenters. The number of nitrogens with two attached hydrogens (primary N) is 1. The third kappa shape index (κ3) is 3.99. The van der Waals surface area contributed by atoms with Crippen LogP contribution in [0, 0.1) is 13.8 Å². The molecule has 0 radical (unpaired) electrons. The van der Waals surface area contributed by atoms with Gasteiger partial charge in [0.05, 0.1) is 0 Å². The standard InChI is InChI=1S/C17H21N3O/c1-11-4-5-12(2)16(10-11)13(3)19-14-6-8-15(9-7-14)20-17(18)21/h4-10,13,19H,1-3H3,(H3,18,20,21). The number of urea groups is 1. The Bertz CT molecular complexity index is 635. The fourth-order valence-electron chi connectivity index (χ4n) is 2.35. The number of carbonyl (C=O) groups is 1. The number of anilines is 2. The summed E-state index contributed by atoms with van der Waals surface area (Å²) in [5.74, 6) is 0. The van der Waals surface area contributed by atoms with Crippen LogP contribution in [0.15, 0.2) is 42.5 Å². The molecule has 0 aliphatic rings. The molecule has 2 amide bonds. The number of benzene rings is 2. The molecule has 2 aromatic rings. The fourth-order valence-corrected chi connectivity index (χ4v) is 2.35. The number of carbonyl (C=O) groups excluding carboxylic acids is 1. The van der Waals surface area contributed by atoms with Crippen LogP contribution in [0.2, 0.25) is 0 Å². The Balaban J connectivity index is 2.10. The van der Waals surface area contributed by atoms with Crippen molar-refractivity contribution in [3.05, 3.63) is 59.2 Å². The smallest absolute Gasteiger partial charge is 0.316 e. The van der Waals surface area contributed by atoms with Crippen molar-refractivity contribution in [1.29, 1.82) is 0 Å². The molecule has 1 unspecified atom stereocenters. The Hall–Kier alpha value is -2.49. The second-order valence-corrected chi connectivity index (χ2v) is 5.29. The summed E-state index contributed by atoms with van der Waals surface area (Å²) in [4.78, 5) is 10.8. The quantitative estimate of drug-likeness (QED) is 0.794. The number of primary amides is 1. The highest BCUT2D eigenvalue weighted by molar-refractivity contribution is 5.87. The highest BCUT2D eigenvalue weighted by atomic mass is 16.2. The van der Waals surface area contributed by atoms with E-state index < -0.39 is 6.03 Å². The molecule has 4 heteroatoms. The largest absolute Gasteiger partial charge is 0.379 e. The van der Waals surface area contributed by atoms with E-state index >= 15 is 0 Å². The van der Waals surface area contributed by atoms with E-state index in [0.29, 0.717) is 5.69 Å². The van der Waals surface area contributed by atoms with Crippen molar-refractivity contribution >= 4 is 17.4 Å². The minimum atomic E-state index is -0.556. The van der Waals surface area contributed by atoms with Crippen LogP contribution >= 0.6 is 0 Å². The predicted molar refractivity (Wildman–Crippen MR) is 87.6 cm³/mol. The molecular formula is C17H21N3O. The lowest BCUT2D eigenvalue weighted by Gasteiger charge is -2.18. The van der Waals surface area contributed by atoms with Crippen molar-refractivity contribution in [2.75, 3.05) is 10.6 Å². The zero-order valence-electron chi connectivity index (χ0n) is 12.6. The van der Waals surface area contributed by atoms with Crippen LogP contribution in [-0.2, 0) is 0 Å². The topological polar surface area (TPSA) is 67.2 Å². The molecule has 2 rings (SSSR count). The van der Waals surface area contributed by atoms with Gasteiger partial charge < -0.3 is 16.4 Å². The van der Waals surface area contributed by atoms with Gasteiger partial charge in [0.2, 0.25) is 0 Å². The van der Waals surface area contributed by atoms with Crippen molar-refractivity contribution in [1.82, 2.24) is 0 Å². The highest BCUT2D eigenvalue weighted by Crippen LogP contribution is 2.24. The van der Waals surface area contributed by atoms with Crippen molar-refractivity contribution in [3.8, 4) is 0 Å². The molecule has 0 saturated heterocycles. The molecule has 21 heavy (non-hydrogen) atoms. The van der Waals surface area contributed by atoms with E-state index in [4.69, 9.17) is 5.73 Å². The van der Waals surface area contributed by atoms with Gasteiger partial charge in [-0.1, -0.05) is 23.8 Å². The maximum absolute atomic E-state index is 10.8. The summed E-state index contributed by atoms with van der Waals surface area (Å²) in [5, 5.41) is 6.01. The Labute approximate surface area is 125 Å². The normalized spacial score (nSPS) is 11.8. The highest BCUT2D eigenvalue weighted by Gasteiger charge is 2.08. The molecule has 0 saturated carbocycles. The first-order valence-corrected chi connectivity index (χ1v) is 6.96. The van der Waals surface area contributed by atoms with Gasteiger partial charge in [-0.05, 0) is 56.2 Å². The van der Waals surface area contributed by atoms with Crippen LogP contribution in [0.4, 0.5) is 16.2 Å². The third-order valence-electron chi connectivity index (χ3n) is 3.44. The van der Waals surface area contributed by atoms with Crippen molar-refractivity contribution in [2.24, 2.45) is 5.73 Å². The lowest BCUT2D eigenvalue weighted by molar-refractivity contribution is 0.259. The first kappa shape index (κ1) is 14.9. The zero-order valence-corrected chi connectivity index (χ0v) is 12.6. The minimum Gasteiger partial charge on any atom is -0.379 e. The maximum Gasteiger partial charge on any atom is 0.316 e. The van der Waals surface area contributed by atoms with Crippen LogP contribution in [0.25, 0.3) is 0 Å². The van der Waals surface area contributed by atoms with Crippen molar-refractivity contribution in [3.63, 3.8) is 0 Å². The number of hydrogen-bond acceptors (Lipinski definition) is 2. The maximum atomic E-state index is 10.8. The molecule has 0 heterocycles. The van der Waals surface area contributed by atoms with Gasteiger partial charge in [0.1, 0.15) is 0 Å². The average molecular weight is 283 g/mol. The number of aryl methyl sites for hydroxylation is 2. The van der Waals surface area contributed by atoms with E-state index in [9.17, 15) is 4.79 Å². The second kappa shape index (κ2) is 6.31. The van der Waals surface area contributed by atoms with E-state index in [2.05, 4.69) is 49.6 Å². The Morgan fingerprint density at radius 1 is 1.05 bits per heavy atom. The summed E-state index contributed by atoms with van der Waals surface area (Å²) >= 11 is 0. The zero-order chi connectivity index (χ0) is 15.4. The Kier molecular flexibility index (Phi) is 4.48. The number of nitrogens with one attached hydrogen (secondary N) is 2. The third-order valence-corrected chi connectivity index (χ3v) is 3.44. The van der Waals surface area contributed by atoms with E-state index in [1.807, 2.05) is 24.3 Å². The van der Waals surface area contributed by atoms with Gasteiger partial charge in [-0.15, -0.1) is 0 Å². The summed E-state index contributed by atoms with van der Waals surface area (Å²) in [7, 11) is 0. The first-order valence-electron chi connectivity index (χ1n) is 6.96. The SMILES string of the molecule is Cc1ccc(C)c(C(C)Nc2ccc(NC(N)=O)cc2)c1. The molecule has 0 spiro atoms. The monoisotopic (exact) mass is 283 g/mol. The number of hydrogen-bond donors (Lipinski definition) is 3. The molecular weight excluding hydrogens is 262 g/mol. The summed E-state index contributed by atoms with van der Waals surface area (Å²) < 4.78 is 0. The van der Waals surface area contributed by atoms with Gasteiger partial charge in [0.15, 0.2) is 0 Å². The van der Waals surface area contributed by atoms with Crippen LogP contribution in [-0.4, -0.2) is 6.03 Å². The molecule has 0 aliphatic heterocycles. The summed E-state index contributed by atoms with van der Waals surface area (Å²) in [6.45, 7) is 6.35. The van der Waals surface area contributed by atoms with Gasteiger partial charge >= 0.3 is 6.03 Å². The van der Waals surface area contributed by atoms with Crippen LogP contribution < -0.4 is 16.4 Å². The summed E-state index contributed by atoms with van der Waals surface area (Å²) in [6, 6.07) is 13.6.